The Morgan fingerprint density at radius 3 is 2.55 bits per heavy atom. The van der Waals surface area contributed by atoms with Crippen molar-refractivity contribution in [1.29, 1.82) is 0 Å². The maximum Gasteiger partial charge on any atom is 0.272 e. The second kappa shape index (κ2) is 8.71. The average Bonchev–Trinajstić information content (AvgIpc) is 3.41. The van der Waals surface area contributed by atoms with Crippen molar-refractivity contribution in [3.05, 3.63) is 70.4 Å². The van der Waals surface area contributed by atoms with Gasteiger partial charge in [-0.2, -0.15) is 5.10 Å². The lowest BCUT2D eigenvalue weighted by atomic mass is 9.82. The van der Waals surface area contributed by atoms with E-state index in [4.69, 9.17) is 9.72 Å². The molecule has 1 amide bonds. The van der Waals surface area contributed by atoms with Crippen LogP contribution in [-0.2, 0) is 12.6 Å². The van der Waals surface area contributed by atoms with Crippen LogP contribution in [0.5, 0.6) is 5.88 Å². The molecule has 8 nitrogen and oxygen atoms in total. The van der Waals surface area contributed by atoms with Gasteiger partial charge in [-0.15, -0.1) is 11.3 Å². The van der Waals surface area contributed by atoms with Gasteiger partial charge in [-0.1, -0.05) is 0 Å². The molecule has 1 saturated carbocycles. The number of aromatic nitrogens is 4. The number of amides is 1. The Morgan fingerprint density at radius 2 is 1.89 bits per heavy atom. The summed E-state index contributed by atoms with van der Waals surface area (Å²) in [5.41, 5.74) is 6.41. The third-order valence-corrected chi connectivity index (χ3v) is 8.76. The van der Waals surface area contributed by atoms with E-state index >= 15 is 0 Å². The number of benzene rings is 1. The normalized spacial score (nSPS) is 25.7. The lowest BCUT2D eigenvalue weighted by molar-refractivity contribution is 0.0740. The highest BCUT2D eigenvalue weighted by Crippen LogP contribution is 2.48. The van der Waals surface area contributed by atoms with Crippen LogP contribution in [0.15, 0.2) is 53.4 Å². The van der Waals surface area contributed by atoms with Gasteiger partial charge in [0.25, 0.3) is 5.91 Å². The fourth-order valence-electron chi connectivity index (χ4n) is 5.64. The summed E-state index contributed by atoms with van der Waals surface area (Å²) in [4.78, 5) is 24.2. The highest BCUT2D eigenvalue weighted by atomic mass is 32.1. The number of pyridine rings is 1. The van der Waals surface area contributed by atoms with E-state index in [2.05, 4.69) is 28.4 Å². The molecule has 0 radical (unpaired) electrons. The minimum Gasteiger partial charge on any atom is -0.474 e. The Morgan fingerprint density at radius 1 is 1.13 bits per heavy atom. The maximum absolute atomic E-state index is 13.5. The summed E-state index contributed by atoms with van der Waals surface area (Å²) in [6.45, 7) is 4.45. The van der Waals surface area contributed by atoms with Gasteiger partial charge in [0.05, 0.1) is 11.2 Å². The number of rotatable bonds is 6. The maximum atomic E-state index is 13.5. The van der Waals surface area contributed by atoms with Gasteiger partial charge >= 0.3 is 0 Å². The third kappa shape index (κ3) is 3.99. The lowest BCUT2D eigenvalue weighted by Crippen LogP contribution is -2.51. The van der Waals surface area contributed by atoms with E-state index in [1.54, 1.807) is 29.4 Å². The Balaban J connectivity index is 1.07. The van der Waals surface area contributed by atoms with Crippen LogP contribution in [0.1, 0.15) is 29.4 Å². The van der Waals surface area contributed by atoms with Crippen molar-refractivity contribution in [2.75, 3.05) is 19.6 Å². The zero-order chi connectivity index (χ0) is 26.0. The topological polar surface area (TPSA) is 85.2 Å². The number of aryl methyl sites for hydroxylation is 1. The molecule has 2 saturated heterocycles. The van der Waals surface area contributed by atoms with E-state index < -0.39 is 0 Å². The first kappa shape index (κ1) is 23.5. The molecule has 3 aromatic heterocycles. The molecular formula is C28H27FN6O2S. The van der Waals surface area contributed by atoms with E-state index in [-0.39, 0.29) is 35.2 Å². The molecule has 1 aromatic carbocycles. The fourth-order valence-corrected chi connectivity index (χ4v) is 6.19. The second-order valence-corrected chi connectivity index (χ2v) is 11.3. The number of likely N-dealkylation sites (tertiary alicyclic amines) is 1. The van der Waals surface area contributed by atoms with Gasteiger partial charge in [0.2, 0.25) is 5.88 Å². The first-order valence-corrected chi connectivity index (χ1v) is 13.7. The third-order valence-electron chi connectivity index (χ3n) is 8.17. The SMILES string of the molecule is Cn1nc(-c2cscn2)cc1C(=O)N1C[C@@H]2C(Oc3cc(C4(C)CCN4)cc(-c4ccc(F)cc4)n3)[C@@H]2C1. The van der Waals surface area contributed by atoms with Crippen molar-refractivity contribution < 1.29 is 13.9 Å². The molecule has 1 aliphatic carbocycles. The van der Waals surface area contributed by atoms with Crippen molar-refractivity contribution in [2.45, 2.75) is 25.0 Å². The van der Waals surface area contributed by atoms with E-state index in [9.17, 15) is 9.18 Å². The molecule has 10 heteroatoms. The van der Waals surface area contributed by atoms with E-state index in [1.165, 1.54) is 23.5 Å². The van der Waals surface area contributed by atoms with Crippen molar-refractivity contribution in [2.24, 2.45) is 18.9 Å². The largest absolute Gasteiger partial charge is 0.474 e. The molecule has 194 valence electrons. The van der Waals surface area contributed by atoms with Gasteiger partial charge in [0, 0.05) is 54.5 Å². The summed E-state index contributed by atoms with van der Waals surface area (Å²) in [6.07, 6.45) is 1.06. The second-order valence-electron chi connectivity index (χ2n) is 10.6. The van der Waals surface area contributed by atoms with Crippen molar-refractivity contribution in [1.82, 2.24) is 30.0 Å². The summed E-state index contributed by atoms with van der Waals surface area (Å²) in [5, 5.41) is 9.92. The molecule has 0 spiro atoms. The number of carbonyl (C=O) groups is 1. The number of nitrogens with zero attached hydrogens (tertiary/aromatic N) is 5. The van der Waals surface area contributed by atoms with Crippen LogP contribution in [-0.4, -0.2) is 56.3 Å². The van der Waals surface area contributed by atoms with Crippen LogP contribution < -0.4 is 10.1 Å². The average molecular weight is 531 g/mol. The Bertz CT molecular complexity index is 1500. The number of halogens is 1. The van der Waals surface area contributed by atoms with Crippen LogP contribution in [0.3, 0.4) is 0 Å². The molecular weight excluding hydrogens is 503 g/mol. The molecule has 5 heterocycles. The predicted octanol–water partition coefficient (Wildman–Crippen LogP) is 4.10. The molecule has 1 N–H and O–H groups in total. The number of hydrogen-bond donors (Lipinski definition) is 1. The van der Waals surface area contributed by atoms with Gasteiger partial charge in [0.1, 0.15) is 29.0 Å². The summed E-state index contributed by atoms with van der Waals surface area (Å²) in [6, 6.07) is 12.3. The standard InChI is InChI=1S/C28H27FN6O2S/c1-28(7-8-31-28)17-9-21(16-3-5-18(29)6-4-16)32-25(10-17)37-26-19-12-35(13-20(19)26)27(36)24-11-22(33-34(24)2)23-14-38-15-30-23/h3-6,9-11,14-15,19-20,26,31H,7-8,12-13H2,1-2H3/t19-,20+,26?,28?. The van der Waals surface area contributed by atoms with Crippen molar-refractivity contribution >= 4 is 17.2 Å². The molecule has 7 rings (SSSR count). The summed E-state index contributed by atoms with van der Waals surface area (Å²) >= 11 is 1.50. The van der Waals surface area contributed by atoms with Crippen molar-refractivity contribution in [3.63, 3.8) is 0 Å². The van der Waals surface area contributed by atoms with Crippen molar-refractivity contribution in [3.8, 4) is 28.5 Å². The first-order chi connectivity index (χ1) is 18.4. The molecule has 4 aromatic rings. The minimum absolute atomic E-state index is 0.0184. The highest BCUT2D eigenvalue weighted by molar-refractivity contribution is 7.07. The minimum atomic E-state index is -0.274. The highest BCUT2D eigenvalue weighted by Gasteiger charge is 2.59. The fraction of sp³-hybridized carbons (Fsp3) is 0.357. The monoisotopic (exact) mass is 530 g/mol. The van der Waals surface area contributed by atoms with Gasteiger partial charge in [-0.3, -0.25) is 9.48 Å². The molecule has 38 heavy (non-hydrogen) atoms. The quantitative estimate of drug-likeness (QED) is 0.404. The number of nitrogens with one attached hydrogen (secondary N) is 1. The Labute approximate surface area is 223 Å². The number of fused-ring (bicyclic) bond motifs is 1. The zero-order valence-electron chi connectivity index (χ0n) is 21.1. The number of carbonyl (C=O) groups excluding carboxylic acids is 1. The molecule has 4 atom stereocenters. The van der Waals surface area contributed by atoms with Crippen LogP contribution in [0, 0.1) is 17.7 Å². The van der Waals surface area contributed by atoms with E-state index in [0.717, 1.165) is 35.5 Å². The van der Waals surface area contributed by atoms with E-state index in [1.807, 2.05) is 22.4 Å². The van der Waals surface area contributed by atoms with Crippen LogP contribution in [0.25, 0.3) is 22.6 Å². The molecule has 3 fully saturated rings. The molecule has 3 aliphatic rings. The Kier molecular flexibility index (Phi) is 5.38. The lowest BCUT2D eigenvalue weighted by Gasteiger charge is -2.40. The smallest absolute Gasteiger partial charge is 0.272 e. The zero-order valence-corrected chi connectivity index (χ0v) is 21.9. The predicted molar refractivity (Wildman–Crippen MR) is 141 cm³/mol. The van der Waals surface area contributed by atoms with E-state index in [0.29, 0.717) is 30.4 Å². The van der Waals surface area contributed by atoms with Crippen LogP contribution in [0.4, 0.5) is 4.39 Å². The Hall–Kier alpha value is -3.63. The van der Waals surface area contributed by atoms with Gasteiger partial charge in [-0.25, -0.2) is 14.4 Å². The molecule has 2 unspecified atom stereocenters. The summed E-state index contributed by atoms with van der Waals surface area (Å²) in [7, 11) is 1.79. The van der Waals surface area contributed by atoms with Crippen LogP contribution >= 0.6 is 11.3 Å². The van der Waals surface area contributed by atoms with Gasteiger partial charge < -0.3 is 15.0 Å². The molecule has 0 bridgehead atoms. The van der Waals surface area contributed by atoms with Gasteiger partial charge in [-0.05, 0) is 61.9 Å². The number of piperidine rings is 1. The summed E-state index contributed by atoms with van der Waals surface area (Å²) in [5.74, 6) is 0.845. The molecule has 2 aliphatic heterocycles. The van der Waals surface area contributed by atoms with Crippen LogP contribution in [0.2, 0.25) is 0 Å². The van der Waals surface area contributed by atoms with Gasteiger partial charge in [0.15, 0.2) is 0 Å². The first-order valence-electron chi connectivity index (χ1n) is 12.8. The number of ether oxygens (including phenoxy) is 1. The number of thiazole rings is 1. The summed E-state index contributed by atoms with van der Waals surface area (Å²) < 4.78 is 21.6. The number of hydrogen-bond acceptors (Lipinski definition) is 7.